The van der Waals surface area contributed by atoms with Gasteiger partial charge >= 0.3 is 6.18 Å². The van der Waals surface area contributed by atoms with E-state index in [4.69, 9.17) is 4.74 Å². The average molecular weight is 451 g/mol. The van der Waals surface area contributed by atoms with E-state index in [0.29, 0.717) is 17.0 Å². The molecule has 32 heavy (non-hydrogen) atoms. The van der Waals surface area contributed by atoms with Gasteiger partial charge in [0.05, 0.1) is 5.56 Å². The fourth-order valence-corrected chi connectivity index (χ4v) is 2.49. The number of carbonyl (C=O) groups is 1. The number of rotatable bonds is 9. The third-order valence-electron chi connectivity index (χ3n) is 4.52. The smallest absolute Gasteiger partial charge is 0.416 e. The summed E-state index contributed by atoms with van der Waals surface area (Å²) in [6, 6.07) is 11.7. The third-order valence-corrected chi connectivity index (χ3v) is 4.52. The van der Waals surface area contributed by atoms with Crippen LogP contribution in [0.1, 0.15) is 31.9 Å². The van der Waals surface area contributed by atoms with E-state index >= 15 is 0 Å². The van der Waals surface area contributed by atoms with Crippen LogP contribution < -0.4 is 15.4 Å². The molecule has 0 atom stereocenters. The molecule has 174 valence electrons. The molecule has 9 heteroatoms. The summed E-state index contributed by atoms with van der Waals surface area (Å²) in [5.41, 5.74) is 0.0523. The maximum absolute atomic E-state index is 12.6. The highest BCUT2D eigenvalue weighted by Crippen LogP contribution is 2.29. The summed E-state index contributed by atoms with van der Waals surface area (Å²) in [7, 11) is 1.60. The van der Waals surface area contributed by atoms with Crippen LogP contribution in [-0.4, -0.2) is 29.8 Å². The first-order valence-electron chi connectivity index (χ1n) is 9.93. The number of alkyl halides is 3. The first-order valence-corrected chi connectivity index (χ1v) is 9.93. The van der Waals surface area contributed by atoms with Crippen LogP contribution in [0.2, 0.25) is 0 Å². The SMILES string of the molecule is CNC(=CC(=O)C(C)(C)C)N(O)CNc1ccc(OCc2ccc(C(F)(F)F)cc2)cc1. The van der Waals surface area contributed by atoms with Gasteiger partial charge < -0.3 is 15.4 Å². The molecule has 0 heterocycles. The Labute approximate surface area is 185 Å². The highest BCUT2D eigenvalue weighted by Gasteiger charge is 2.29. The van der Waals surface area contributed by atoms with E-state index in [-0.39, 0.29) is 24.9 Å². The zero-order chi connectivity index (χ0) is 23.9. The molecule has 0 spiro atoms. The molecule has 0 aliphatic heterocycles. The highest BCUT2D eigenvalue weighted by atomic mass is 19.4. The fourth-order valence-electron chi connectivity index (χ4n) is 2.49. The number of hydrogen-bond acceptors (Lipinski definition) is 6. The molecular formula is C23H28F3N3O3. The number of anilines is 1. The van der Waals surface area contributed by atoms with Gasteiger partial charge in [0.2, 0.25) is 0 Å². The largest absolute Gasteiger partial charge is 0.489 e. The standard InChI is InChI=1S/C23H28F3N3O3/c1-22(2,3)20(30)13-21(27-4)29(31)15-28-18-9-11-19(12-10-18)32-14-16-5-7-17(8-6-16)23(24,25)26/h5-13,27-28,31H,14-15H2,1-4H3. The minimum atomic E-state index is -4.36. The number of hydrogen-bond donors (Lipinski definition) is 3. The quantitative estimate of drug-likeness (QED) is 0.282. The number of nitrogens with zero attached hydrogens (tertiary/aromatic N) is 1. The van der Waals surface area contributed by atoms with Crippen molar-refractivity contribution in [3.8, 4) is 5.75 Å². The van der Waals surface area contributed by atoms with E-state index in [2.05, 4.69) is 10.6 Å². The van der Waals surface area contributed by atoms with Gasteiger partial charge in [0, 0.05) is 24.2 Å². The van der Waals surface area contributed by atoms with Gasteiger partial charge in [-0.25, -0.2) is 5.06 Å². The third kappa shape index (κ3) is 7.49. The van der Waals surface area contributed by atoms with Crippen molar-refractivity contribution in [1.82, 2.24) is 10.4 Å². The van der Waals surface area contributed by atoms with Gasteiger partial charge in [-0.1, -0.05) is 32.9 Å². The van der Waals surface area contributed by atoms with E-state index < -0.39 is 17.2 Å². The van der Waals surface area contributed by atoms with Crippen molar-refractivity contribution in [3.63, 3.8) is 0 Å². The van der Waals surface area contributed by atoms with Crippen molar-refractivity contribution in [2.24, 2.45) is 5.41 Å². The fraction of sp³-hybridized carbons (Fsp3) is 0.348. The van der Waals surface area contributed by atoms with E-state index in [1.165, 1.54) is 18.2 Å². The van der Waals surface area contributed by atoms with Crippen molar-refractivity contribution in [2.75, 3.05) is 19.0 Å². The number of ketones is 1. The molecule has 2 aromatic carbocycles. The summed E-state index contributed by atoms with van der Waals surface area (Å²) in [6.45, 7) is 5.53. The Hall–Kier alpha value is -3.20. The number of benzene rings is 2. The second kappa shape index (κ2) is 10.4. The molecule has 0 aromatic heterocycles. The Morgan fingerprint density at radius 1 is 1.06 bits per heavy atom. The number of ether oxygens (including phenoxy) is 1. The summed E-state index contributed by atoms with van der Waals surface area (Å²) in [5.74, 6) is 0.673. The molecular weight excluding hydrogens is 423 g/mol. The van der Waals surface area contributed by atoms with Crippen molar-refractivity contribution in [1.29, 1.82) is 0 Å². The van der Waals surface area contributed by atoms with Crippen molar-refractivity contribution in [2.45, 2.75) is 33.6 Å². The Balaban J connectivity index is 1.88. The lowest BCUT2D eigenvalue weighted by atomic mass is 9.91. The normalized spacial score (nSPS) is 12.3. The summed E-state index contributed by atoms with van der Waals surface area (Å²) in [5, 5.41) is 16.9. The van der Waals surface area contributed by atoms with Crippen LogP contribution in [0, 0.1) is 5.41 Å². The minimum absolute atomic E-state index is 0.0237. The highest BCUT2D eigenvalue weighted by molar-refractivity contribution is 5.94. The van der Waals surface area contributed by atoms with E-state index in [1.54, 1.807) is 52.1 Å². The van der Waals surface area contributed by atoms with Crippen LogP contribution in [-0.2, 0) is 17.6 Å². The van der Waals surface area contributed by atoms with Crippen molar-refractivity contribution < 1.29 is 27.9 Å². The minimum Gasteiger partial charge on any atom is -0.489 e. The van der Waals surface area contributed by atoms with Crippen LogP contribution in [0.3, 0.4) is 0 Å². The molecule has 0 radical (unpaired) electrons. The zero-order valence-corrected chi connectivity index (χ0v) is 18.5. The van der Waals surface area contributed by atoms with Crippen molar-refractivity contribution in [3.05, 3.63) is 71.6 Å². The first-order chi connectivity index (χ1) is 14.9. The molecule has 0 aliphatic carbocycles. The molecule has 0 fully saturated rings. The van der Waals surface area contributed by atoms with Gasteiger partial charge in [0.15, 0.2) is 5.78 Å². The van der Waals surface area contributed by atoms with Crippen LogP contribution in [0.4, 0.5) is 18.9 Å². The molecule has 0 bridgehead atoms. The molecule has 0 saturated carbocycles. The molecule has 6 nitrogen and oxygen atoms in total. The number of allylic oxidation sites excluding steroid dienone is 1. The summed E-state index contributed by atoms with van der Waals surface area (Å²) < 4.78 is 43.4. The molecule has 0 unspecified atom stereocenters. The lowest BCUT2D eigenvalue weighted by Crippen LogP contribution is -2.33. The first kappa shape index (κ1) is 25.1. The molecule has 2 rings (SSSR count). The predicted molar refractivity (Wildman–Crippen MR) is 116 cm³/mol. The van der Waals surface area contributed by atoms with Crippen LogP contribution in [0.25, 0.3) is 0 Å². The summed E-state index contributed by atoms with van der Waals surface area (Å²) in [6.07, 6.45) is -3.02. The maximum Gasteiger partial charge on any atom is 0.416 e. The monoisotopic (exact) mass is 451 g/mol. The number of halogens is 3. The summed E-state index contributed by atoms with van der Waals surface area (Å²) in [4.78, 5) is 12.1. The van der Waals surface area contributed by atoms with Gasteiger partial charge in [-0.2, -0.15) is 13.2 Å². The lowest BCUT2D eigenvalue weighted by Gasteiger charge is -2.22. The Bertz CT molecular complexity index is 919. The second-order valence-electron chi connectivity index (χ2n) is 8.14. The van der Waals surface area contributed by atoms with E-state index in [1.807, 2.05) is 0 Å². The number of nitrogens with one attached hydrogen (secondary N) is 2. The topological polar surface area (TPSA) is 73.8 Å². The van der Waals surface area contributed by atoms with Crippen LogP contribution in [0.15, 0.2) is 60.4 Å². The predicted octanol–water partition coefficient (Wildman–Crippen LogP) is 5.02. The molecule has 0 amide bonds. The van der Waals surface area contributed by atoms with Gasteiger partial charge in [-0.15, -0.1) is 0 Å². The van der Waals surface area contributed by atoms with Crippen LogP contribution in [0.5, 0.6) is 5.75 Å². The maximum atomic E-state index is 12.6. The Kier molecular flexibility index (Phi) is 8.15. The Morgan fingerprint density at radius 3 is 2.16 bits per heavy atom. The molecule has 2 aromatic rings. The van der Waals surface area contributed by atoms with Gasteiger partial charge in [-0.3, -0.25) is 10.0 Å². The van der Waals surface area contributed by atoms with Crippen LogP contribution >= 0.6 is 0 Å². The Morgan fingerprint density at radius 2 is 1.66 bits per heavy atom. The lowest BCUT2D eigenvalue weighted by molar-refractivity contribution is -0.137. The van der Waals surface area contributed by atoms with Gasteiger partial charge in [0.1, 0.15) is 24.8 Å². The summed E-state index contributed by atoms with van der Waals surface area (Å²) >= 11 is 0. The molecule has 0 saturated heterocycles. The van der Waals surface area contributed by atoms with E-state index in [9.17, 15) is 23.2 Å². The van der Waals surface area contributed by atoms with Gasteiger partial charge in [-0.05, 0) is 42.0 Å². The zero-order valence-electron chi connectivity index (χ0n) is 18.5. The second-order valence-corrected chi connectivity index (χ2v) is 8.14. The van der Waals surface area contributed by atoms with Gasteiger partial charge in [0.25, 0.3) is 0 Å². The van der Waals surface area contributed by atoms with E-state index in [0.717, 1.165) is 17.2 Å². The van der Waals surface area contributed by atoms with Crippen molar-refractivity contribution >= 4 is 11.5 Å². The number of carbonyl (C=O) groups excluding carboxylic acids is 1. The molecule has 0 aliphatic rings. The molecule has 3 N–H and O–H groups in total. The average Bonchev–Trinajstić information content (AvgIpc) is 2.73. The number of hydroxylamine groups is 2.